The van der Waals surface area contributed by atoms with Gasteiger partial charge in [-0.2, -0.15) is 0 Å². The Hall–Kier alpha value is -4.12. The van der Waals surface area contributed by atoms with Gasteiger partial charge in [-0.1, -0.05) is 121 Å². The van der Waals surface area contributed by atoms with Gasteiger partial charge in [-0.15, -0.1) is 0 Å². The Balaban J connectivity index is 1.10. The third-order valence-corrected chi connectivity index (χ3v) is 11.8. The Kier molecular flexibility index (Phi) is 10.4. The molecule has 8 rings (SSSR count). The summed E-state index contributed by atoms with van der Waals surface area (Å²) in [6.45, 7) is 4.55. The fourth-order valence-corrected chi connectivity index (χ4v) is 8.79. The first-order valence-corrected chi connectivity index (χ1v) is 20.8. The van der Waals surface area contributed by atoms with Crippen molar-refractivity contribution in [2.24, 2.45) is 0 Å². The summed E-state index contributed by atoms with van der Waals surface area (Å²) in [7, 11) is 0. The first-order chi connectivity index (χ1) is 25.5. The summed E-state index contributed by atoms with van der Waals surface area (Å²) in [5.41, 5.74) is 12.6. The molecule has 0 radical (unpaired) electrons. The highest BCUT2D eigenvalue weighted by Crippen LogP contribution is 2.37. The zero-order chi connectivity index (χ0) is 35.6. The molecular weight excluding hydrogens is 764 g/mol. The van der Waals surface area contributed by atoms with Crippen LogP contribution in [0.1, 0.15) is 76.3 Å². The van der Waals surface area contributed by atoms with Gasteiger partial charge in [0.15, 0.2) is 0 Å². The molecular formula is C48H46Br2N2. The predicted molar refractivity (Wildman–Crippen MR) is 232 cm³/mol. The van der Waals surface area contributed by atoms with Crippen molar-refractivity contribution in [3.8, 4) is 22.5 Å². The number of nitrogens with zero attached hydrogens (tertiary/aromatic N) is 2. The lowest BCUT2D eigenvalue weighted by Crippen LogP contribution is -1.95. The number of benzene rings is 6. The van der Waals surface area contributed by atoms with Gasteiger partial charge < -0.3 is 9.13 Å². The van der Waals surface area contributed by atoms with Crippen molar-refractivity contribution in [1.82, 2.24) is 9.13 Å². The van der Waals surface area contributed by atoms with Crippen LogP contribution in [0, 0.1) is 0 Å². The van der Waals surface area contributed by atoms with Gasteiger partial charge in [0.2, 0.25) is 0 Å². The van der Waals surface area contributed by atoms with E-state index in [9.17, 15) is 0 Å². The fourth-order valence-electron chi connectivity index (χ4n) is 8.07. The maximum Gasteiger partial charge on any atom is 0.0541 e. The highest BCUT2D eigenvalue weighted by Gasteiger charge is 2.16. The molecule has 0 spiro atoms. The summed E-state index contributed by atoms with van der Waals surface area (Å²) in [5.74, 6) is 0. The molecule has 0 amide bonds. The van der Waals surface area contributed by atoms with Crippen LogP contribution in [0.15, 0.2) is 130 Å². The summed E-state index contributed by atoms with van der Waals surface area (Å²) in [5, 5.41) is 5.23. The average molecular weight is 811 g/mol. The molecule has 0 fully saturated rings. The highest BCUT2D eigenvalue weighted by atomic mass is 79.9. The van der Waals surface area contributed by atoms with Crippen molar-refractivity contribution in [2.45, 2.75) is 78.1 Å². The lowest BCUT2D eigenvalue weighted by atomic mass is 10.0. The van der Waals surface area contributed by atoms with Crippen LogP contribution < -0.4 is 0 Å². The molecule has 4 heteroatoms. The van der Waals surface area contributed by atoms with Gasteiger partial charge in [0.05, 0.1) is 22.1 Å². The molecule has 52 heavy (non-hydrogen) atoms. The third-order valence-electron chi connectivity index (χ3n) is 10.8. The van der Waals surface area contributed by atoms with Gasteiger partial charge in [0, 0.05) is 41.9 Å². The van der Waals surface area contributed by atoms with Gasteiger partial charge >= 0.3 is 0 Å². The van der Waals surface area contributed by atoms with Gasteiger partial charge in [-0.05, 0) is 133 Å². The maximum atomic E-state index is 3.74. The number of hydrogen-bond donors (Lipinski definition) is 0. The highest BCUT2D eigenvalue weighted by molar-refractivity contribution is 9.10. The molecule has 0 aliphatic rings. The minimum atomic E-state index is 1.11. The van der Waals surface area contributed by atoms with E-state index in [2.05, 4.69) is 176 Å². The van der Waals surface area contributed by atoms with E-state index in [4.69, 9.17) is 0 Å². The van der Waals surface area contributed by atoms with Crippen LogP contribution in [0.25, 0.3) is 66.1 Å². The Labute approximate surface area is 324 Å². The van der Waals surface area contributed by atoms with Crippen molar-refractivity contribution < 1.29 is 0 Å². The number of aryl methyl sites for hydroxylation is 2. The van der Waals surface area contributed by atoms with Crippen molar-refractivity contribution in [3.05, 3.63) is 141 Å². The Morgan fingerprint density at radius 2 is 0.750 bits per heavy atom. The molecule has 0 aliphatic carbocycles. The molecule has 2 nitrogen and oxygen atoms in total. The number of fused-ring (bicyclic) bond motifs is 6. The normalized spacial score (nSPS) is 11.8. The SMILES string of the molecule is CCCCCCc1ccc2c(c1)c1cc(Br)ccc1n2-c1ccc(-c2ccc(-n3c4ccc(Br)cc4c4cc(CCCCCC)ccc43)cc2)cc1. The zero-order valence-corrected chi connectivity index (χ0v) is 33.4. The molecule has 6 aromatic carbocycles. The van der Waals surface area contributed by atoms with E-state index in [1.165, 1.54) is 129 Å². The minimum absolute atomic E-state index is 1.11. The van der Waals surface area contributed by atoms with Crippen LogP contribution in [0.3, 0.4) is 0 Å². The summed E-state index contributed by atoms with van der Waals surface area (Å²) < 4.78 is 7.06. The first kappa shape index (κ1) is 34.9. The van der Waals surface area contributed by atoms with E-state index in [0.717, 1.165) is 21.8 Å². The van der Waals surface area contributed by atoms with E-state index < -0.39 is 0 Å². The Bertz CT molecular complexity index is 2320. The molecule has 8 aromatic rings. The van der Waals surface area contributed by atoms with Crippen LogP contribution >= 0.6 is 31.9 Å². The monoisotopic (exact) mass is 808 g/mol. The van der Waals surface area contributed by atoms with Crippen LogP contribution in [0.5, 0.6) is 0 Å². The minimum Gasteiger partial charge on any atom is -0.309 e. The van der Waals surface area contributed by atoms with Crippen LogP contribution in [0.2, 0.25) is 0 Å². The van der Waals surface area contributed by atoms with E-state index >= 15 is 0 Å². The van der Waals surface area contributed by atoms with E-state index in [1.54, 1.807) is 0 Å². The third kappa shape index (κ3) is 6.88. The lowest BCUT2D eigenvalue weighted by Gasteiger charge is -2.11. The summed E-state index contributed by atoms with van der Waals surface area (Å²) in [6, 6.07) is 45.7. The summed E-state index contributed by atoms with van der Waals surface area (Å²) in [4.78, 5) is 0. The van der Waals surface area contributed by atoms with Crippen LogP contribution in [-0.2, 0) is 12.8 Å². The number of rotatable bonds is 13. The van der Waals surface area contributed by atoms with Crippen molar-refractivity contribution >= 4 is 75.5 Å². The van der Waals surface area contributed by atoms with Gasteiger partial charge in [0.25, 0.3) is 0 Å². The molecule has 0 bridgehead atoms. The van der Waals surface area contributed by atoms with Crippen LogP contribution in [-0.4, -0.2) is 9.13 Å². The van der Waals surface area contributed by atoms with Crippen LogP contribution in [0.4, 0.5) is 0 Å². The number of unbranched alkanes of at least 4 members (excludes halogenated alkanes) is 6. The van der Waals surface area contributed by atoms with E-state index in [-0.39, 0.29) is 0 Å². The summed E-state index contributed by atoms with van der Waals surface area (Å²) >= 11 is 7.49. The molecule has 0 N–H and O–H groups in total. The van der Waals surface area contributed by atoms with E-state index in [1.807, 2.05) is 0 Å². The number of halogens is 2. The van der Waals surface area contributed by atoms with E-state index in [0.29, 0.717) is 0 Å². The molecule has 0 unspecified atom stereocenters. The largest absolute Gasteiger partial charge is 0.309 e. The second-order valence-electron chi connectivity index (χ2n) is 14.4. The first-order valence-electron chi connectivity index (χ1n) is 19.2. The molecule has 262 valence electrons. The quantitative estimate of drug-likeness (QED) is 0.103. The second-order valence-corrected chi connectivity index (χ2v) is 16.2. The van der Waals surface area contributed by atoms with Crippen molar-refractivity contribution in [2.75, 3.05) is 0 Å². The van der Waals surface area contributed by atoms with Gasteiger partial charge in [0.1, 0.15) is 0 Å². The standard InChI is InChI=1S/C48H46Br2N2/c1-3-5-7-9-11-33-13-25-45-41(29-33)43-31-37(49)19-27-47(43)51(45)39-21-15-35(16-22-39)36-17-23-40(24-18-36)52-46-26-14-34(12-10-8-6-4-2)30-42(46)44-32-38(50)20-28-48(44)52/h13-32H,3-12H2,1-2H3. The molecule has 0 aliphatic heterocycles. The van der Waals surface area contributed by atoms with Gasteiger partial charge in [-0.3, -0.25) is 0 Å². The summed E-state index contributed by atoms with van der Waals surface area (Å²) in [6.07, 6.45) is 12.5. The molecule has 0 saturated carbocycles. The Morgan fingerprint density at radius 3 is 1.13 bits per heavy atom. The lowest BCUT2D eigenvalue weighted by molar-refractivity contribution is 0.667. The predicted octanol–water partition coefficient (Wildman–Crippen LogP) is 15.3. The molecule has 0 saturated heterocycles. The molecule has 2 heterocycles. The topological polar surface area (TPSA) is 9.86 Å². The number of hydrogen-bond acceptors (Lipinski definition) is 0. The number of aromatic nitrogens is 2. The smallest absolute Gasteiger partial charge is 0.0541 e. The Morgan fingerprint density at radius 1 is 0.385 bits per heavy atom. The molecule has 0 atom stereocenters. The fraction of sp³-hybridized carbons (Fsp3) is 0.250. The molecule has 2 aromatic heterocycles. The van der Waals surface area contributed by atoms with Crippen molar-refractivity contribution in [3.63, 3.8) is 0 Å². The average Bonchev–Trinajstić information content (AvgIpc) is 3.66. The zero-order valence-electron chi connectivity index (χ0n) is 30.3. The maximum absolute atomic E-state index is 3.74. The van der Waals surface area contributed by atoms with Crippen molar-refractivity contribution in [1.29, 1.82) is 0 Å². The second kappa shape index (κ2) is 15.5. The van der Waals surface area contributed by atoms with Gasteiger partial charge in [-0.25, -0.2) is 0 Å².